The van der Waals surface area contributed by atoms with Crippen LogP contribution in [0.3, 0.4) is 0 Å². The van der Waals surface area contributed by atoms with Gasteiger partial charge in [-0.25, -0.2) is 0 Å². The molecule has 1 heterocycles. The molecule has 0 bridgehead atoms. The molecule has 0 amide bonds. The van der Waals surface area contributed by atoms with Gasteiger partial charge in [-0.1, -0.05) is 20.8 Å². The lowest BCUT2D eigenvalue weighted by Crippen LogP contribution is -2.18. The molecule has 1 aliphatic carbocycles. The molecule has 3 atom stereocenters. The Morgan fingerprint density at radius 1 is 1.17 bits per heavy atom. The summed E-state index contributed by atoms with van der Waals surface area (Å²) in [7, 11) is 0. The third kappa shape index (κ3) is 1.39. The predicted molar refractivity (Wildman–Crippen MR) is 50.0 cm³/mol. The van der Waals surface area contributed by atoms with Gasteiger partial charge in [0.2, 0.25) is 0 Å². The molecule has 1 heteroatoms. The maximum atomic E-state index is 5.70. The fourth-order valence-electron chi connectivity index (χ4n) is 2.67. The molecule has 1 saturated carbocycles. The van der Waals surface area contributed by atoms with Crippen LogP contribution in [0.2, 0.25) is 0 Å². The van der Waals surface area contributed by atoms with Crippen LogP contribution in [0.4, 0.5) is 0 Å². The first-order valence-electron chi connectivity index (χ1n) is 5.19. The van der Waals surface area contributed by atoms with Crippen molar-refractivity contribution in [1.29, 1.82) is 0 Å². The monoisotopic (exact) mass is 168 g/mol. The topological polar surface area (TPSA) is 9.23 Å². The van der Waals surface area contributed by atoms with Crippen LogP contribution in [0.15, 0.2) is 0 Å². The minimum Gasteiger partial charge on any atom is -0.378 e. The lowest BCUT2D eigenvalue weighted by Gasteiger charge is -2.27. The lowest BCUT2D eigenvalue weighted by atomic mass is 9.79. The highest BCUT2D eigenvalue weighted by molar-refractivity contribution is 4.92. The maximum absolute atomic E-state index is 5.70. The van der Waals surface area contributed by atoms with Crippen molar-refractivity contribution >= 4 is 0 Å². The zero-order valence-corrected chi connectivity index (χ0v) is 8.47. The lowest BCUT2D eigenvalue weighted by molar-refractivity contribution is 0.0893. The van der Waals surface area contributed by atoms with E-state index in [4.69, 9.17) is 4.74 Å². The molecule has 2 aliphatic rings. The van der Waals surface area contributed by atoms with E-state index >= 15 is 0 Å². The normalized spacial score (nSPS) is 41.8. The van der Waals surface area contributed by atoms with Crippen molar-refractivity contribution in [2.24, 2.45) is 17.3 Å². The Morgan fingerprint density at radius 3 is 2.50 bits per heavy atom. The van der Waals surface area contributed by atoms with E-state index in [0.717, 1.165) is 18.4 Å². The van der Waals surface area contributed by atoms with E-state index in [0.29, 0.717) is 11.5 Å². The van der Waals surface area contributed by atoms with Crippen LogP contribution in [0.25, 0.3) is 0 Å². The Balaban J connectivity index is 1.99. The van der Waals surface area contributed by atoms with Gasteiger partial charge in [0.15, 0.2) is 0 Å². The van der Waals surface area contributed by atoms with Crippen molar-refractivity contribution in [2.75, 3.05) is 6.61 Å². The number of ether oxygens (including phenoxy) is 1. The van der Waals surface area contributed by atoms with E-state index in [1.54, 1.807) is 0 Å². The van der Waals surface area contributed by atoms with Crippen LogP contribution in [0, 0.1) is 17.3 Å². The van der Waals surface area contributed by atoms with Crippen LogP contribution in [-0.4, -0.2) is 12.7 Å². The minimum absolute atomic E-state index is 0.494. The van der Waals surface area contributed by atoms with Gasteiger partial charge in [-0.2, -0.15) is 0 Å². The van der Waals surface area contributed by atoms with Crippen LogP contribution in [0.1, 0.15) is 40.0 Å². The summed E-state index contributed by atoms with van der Waals surface area (Å²) in [6.07, 6.45) is 4.66. The fraction of sp³-hybridized carbons (Fsp3) is 1.00. The fourth-order valence-corrected chi connectivity index (χ4v) is 2.67. The van der Waals surface area contributed by atoms with E-state index in [9.17, 15) is 0 Å². The third-order valence-electron chi connectivity index (χ3n) is 3.68. The van der Waals surface area contributed by atoms with Gasteiger partial charge in [0, 0.05) is 6.61 Å². The number of rotatable bonds is 0. The summed E-state index contributed by atoms with van der Waals surface area (Å²) in [6, 6.07) is 0. The van der Waals surface area contributed by atoms with Crippen LogP contribution < -0.4 is 0 Å². The molecule has 2 rings (SSSR count). The number of hydrogen-bond donors (Lipinski definition) is 0. The molecule has 2 fully saturated rings. The number of hydrogen-bond acceptors (Lipinski definition) is 1. The Morgan fingerprint density at radius 2 is 1.92 bits per heavy atom. The van der Waals surface area contributed by atoms with Crippen molar-refractivity contribution < 1.29 is 4.74 Å². The molecule has 1 saturated heterocycles. The van der Waals surface area contributed by atoms with Gasteiger partial charge >= 0.3 is 0 Å². The second kappa shape index (κ2) is 2.73. The molecular weight excluding hydrogens is 148 g/mol. The highest BCUT2D eigenvalue weighted by Gasteiger charge is 2.42. The summed E-state index contributed by atoms with van der Waals surface area (Å²) in [6.45, 7) is 8.10. The van der Waals surface area contributed by atoms with Gasteiger partial charge in [-0.15, -0.1) is 0 Å². The molecule has 0 spiro atoms. The smallest absolute Gasteiger partial charge is 0.0607 e. The first-order chi connectivity index (χ1) is 5.57. The van der Waals surface area contributed by atoms with Crippen molar-refractivity contribution in [2.45, 2.75) is 46.1 Å². The second-order valence-corrected chi connectivity index (χ2v) is 5.49. The van der Waals surface area contributed by atoms with Crippen molar-refractivity contribution in [3.8, 4) is 0 Å². The SMILES string of the molecule is CC(C)(C)[C@H]1C[C@H]2CCO[C@H]2C1. The van der Waals surface area contributed by atoms with Gasteiger partial charge in [-0.3, -0.25) is 0 Å². The highest BCUT2D eigenvalue weighted by Crippen LogP contribution is 2.46. The summed E-state index contributed by atoms with van der Waals surface area (Å²) in [4.78, 5) is 0. The first-order valence-corrected chi connectivity index (χ1v) is 5.19. The number of fused-ring (bicyclic) bond motifs is 1. The molecule has 12 heavy (non-hydrogen) atoms. The molecule has 70 valence electrons. The molecule has 1 aliphatic heterocycles. The van der Waals surface area contributed by atoms with Gasteiger partial charge in [-0.05, 0) is 36.5 Å². The van der Waals surface area contributed by atoms with Crippen LogP contribution in [0.5, 0.6) is 0 Å². The quantitative estimate of drug-likeness (QED) is 0.540. The van der Waals surface area contributed by atoms with E-state index in [1.807, 2.05) is 0 Å². The van der Waals surface area contributed by atoms with Crippen molar-refractivity contribution in [1.82, 2.24) is 0 Å². The maximum Gasteiger partial charge on any atom is 0.0607 e. The summed E-state index contributed by atoms with van der Waals surface area (Å²) in [5.74, 6) is 1.79. The largest absolute Gasteiger partial charge is 0.378 e. The van der Waals surface area contributed by atoms with Crippen LogP contribution >= 0.6 is 0 Å². The Hall–Kier alpha value is -0.0400. The van der Waals surface area contributed by atoms with Gasteiger partial charge in [0.1, 0.15) is 0 Å². The zero-order valence-electron chi connectivity index (χ0n) is 8.47. The molecule has 0 radical (unpaired) electrons. The van der Waals surface area contributed by atoms with E-state index in [2.05, 4.69) is 20.8 Å². The average molecular weight is 168 g/mol. The average Bonchev–Trinajstić information content (AvgIpc) is 2.37. The molecule has 0 aromatic heterocycles. The standard InChI is InChI=1S/C11H20O/c1-11(2,3)9-6-8-4-5-12-10(8)7-9/h8-10H,4-7H2,1-3H3/t8-,9+,10+/m1/s1. The zero-order chi connectivity index (χ0) is 8.77. The highest BCUT2D eigenvalue weighted by atomic mass is 16.5. The van der Waals surface area contributed by atoms with Crippen molar-refractivity contribution in [3.63, 3.8) is 0 Å². The van der Waals surface area contributed by atoms with Gasteiger partial charge in [0.05, 0.1) is 6.10 Å². The Kier molecular flexibility index (Phi) is 1.95. The molecule has 0 aromatic carbocycles. The molecule has 1 nitrogen and oxygen atoms in total. The van der Waals surface area contributed by atoms with Gasteiger partial charge in [0.25, 0.3) is 0 Å². The predicted octanol–water partition coefficient (Wildman–Crippen LogP) is 2.85. The summed E-state index contributed by atoms with van der Waals surface area (Å²) >= 11 is 0. The Labute approximate surface area is 75.5 Å². The van der Waals surface area contributed by atoms with Crippen LogP contribution in [-0.2, 0) is 4.74 Å². The third-order valence-corrected chi connectivity index (χ3v) is 3.68. The van der Waals surface area contributed by atoms with E-state index < -0.39 is 0 Å². The Bertz CT molecular complexity index is 156. The first kappa shape index (κ1) is 8.55. The second-order valence-electron chi connectivity index (χ2n) is 5.49. The van der Waals surface area contributed by atoms with Crippen molar-refractivity contribution in [3.05, 3.63) is 0 Å². The summed E-state index contributed by atoms with van der Waals surface area (Å²) in [5, 5.41) is 0. The summed E-state index contributed by atoms with van der Waals surface area (Å²) in [5.41, 5.74) is 0.494. The van der Waals surface area contributed by atoms with E-state index in [-0.39, 0.29) is 0 Å². The molecule has 0 aromatic rings. The molecular formula is C11H20O. The van der Waals surface area contributed by atoms with Gasteiger partial charge < -0.3 is 4.74 Å². The molecule has 0 N–H and O–H groups in total. The van der Waals surface area contributed by atoms with E-state index in [1.165, 1.54) is 19.3 Å². The minimum atomic E-state index is 0.494. The molecule has 0 unspecified atom stereocenters. The summed E-state index contributed by atoms with van der Waals surface area (Å²) < 4.78 is 5.70.